The minimum Gasteiger partial charge on any atom is -0.334 e. The molecule has 1 aliphatic heterocycles. The zero-order valence-electron chi connectivity index (χ0n) is 11.9. The molecule has 0 unspecified atom stereocenters. The number of hydrogen-bond donors (Lipinski definition) is 1. The van der Waals surface area contributed by atoms with Crippen LogP contribution in [0, 0.1) is 18.6 Å². The number of rotatable bonds is 2. The van der Waals surface area contributed by atoms with Gasteiger partial charge in [0.1, 0.15) is 0 Å². The van der Waals surface area contributed by atoms with E-state index in [4.69, 9.17) is 12.2 Å². The van der Waals surface area contributed by atoms with Crippen LogP contribution in [-0.4, -0.2) is 21.4 Å². The Morgan fingerprint density at radius 3 is 2.95 bits per heavy atom. The van der Waals surface area contributed by atoms with E-state index >= 15 is 0 Å². The topological polar surface area (TPSA) is 31.9 Å². The first-order chi connectivity index (χ1) is 9.61. The highest BCUT2D eigenvalue weighted by atomic mass is 32.1. The Hall–Kier alpha value is -1.52. The molecule has 2 heterocycles. The highest BCUT2D eigenvalue weighted by Gasteiger charge is 2.17. The van der Waals surface area contributed by atoms with E-state index in [-0.39, 0.29) is 0 Å². The Kier molecular flexibility index (Phi) is 3.68. The van der Waals surface area contributed by atoms with Gasteiger partial charge in [0.15, 0.2) is 4.77 Å². The van der Waals surface area contributed by atoms with Crippen LogP contribution in [0.4, 0.5) is 0 Å². The van der Waals surface area contributed by atoms with Crippen molar-refractivity contribution in [1.29, 1.82) is 0 Å². The summed E-state index contributed by atoms with van der Waals surface area (Å²) in [5, 5.41) is 0. The van der Waals surface area contributed by atoms with E-state index in [0.717, 1.165) is 26.1 Å². The first-order valence-electron chi connectivity index (χ1n) is 6.97. The average Bonchev–Trinajstić information content (AvgIpc) is 2.43. The molecule has 0 saturated carbocycles. The molecule has 0 amide bonds. The van der Waals surface area contributed by atoms with E-state index in [1.54, 1.807) is 0 Å². The van der Waals surface area contributed by atoms with Crippen molar-refractivity contribution in [3.05, 3.63) is 57.1 Å². The molecule has 4 heteroatoms. The maximum absolute atomic E-state index is 5.08. The van der Waals surface area contributed by atoms with Crippen molar-refractivity contribution >= 4 is 12.2 Å². The molecule has 3 rings (SSSR count). The maximum atomic E-state index is 5.08. The number of hydrogen-bond acceptors (Lipinski definition) is 3. The van der Waals surface area contributed by atoms with E-state index in [2.05, 4.69) is 46.9 Å². The molecular formula is C16H19N3S. The second kappa shape index (κ2) is 5.46. The molecule has 0 radical (unpaired) electrons. The number of nitrogens with zero attached hydrogens (tertiary/aromatic N) is 2. The van der Waals surface area contributed by atoms with Crippen molar-refractivity contribution in [2.45, 2.75) is 33.4 Å². The number of benzene rings is 1. The van der Waals surface area contributed by atoms with Crippen molar-refractivity contribution in [2.24, 2.45) is 0 Å². The minimum absolute atomic E-state index is 0.589. The molecule has 0 aliphatic carbocycles. The molecule has 0 atom stereocenters. The normalized spacial score (nSPS) is 15.1. The number of H-pyrrole nitrogens is 1. The standard InChI is InChI=1S/C16H19N3S/c1-11-3-4-13(7-12(11)2)9-19-6-5-15-14(10-19)8-17-16(20)18-15/h3-4,7-8H,5-6,9-10H2,1-2H3,(H,17,18,20). The van der Waals surface area contributed by atoms with Gasteiger partial charge in [0, 0.05) is 43.5 Å². The third kappa shape index (κ3) is 2.81. The van der Waals surface area contributed by atoms with Gasteiger partial charge in [-0.25, -0.2) is 4.98 Å². The molecule has 0 fully saturated rings. The molecule has 1 aromatic carbocycles. The van der Waals surface area contributed by atoms with E-state index in [1.165, 1.54) is 27.9 Å². The number of fused-ring (bicyclic) bond motifs is 1. The summed E-state index contributed by atoms with van der Waals surface area (Å²) in [6.45, 7) is 7.34. The van der Waals surface area contributed by atoms with Gasteiger partial charge in [-0.2, -0.15) is 0 Å². The molecule has 0 saturated heterocycles. The fourth-order valence-electron chi connectivity index (χ4n) is 2.70. The lowest BCUT2D eigenvalue weighted by Gasteiger charge is -2.28. The van der Waals surface area contributed by atoms with Crippen LogP contribution in [0.2, 0.25) is 0 Å². The second-order valence-electron chi connectivity index (χ2n) is 5.57. The van der Waals surface area contributed by atoms with Crippen molar-refractivity contribution in [3.63, 3.8) is 0 Å². The molecular weight excluding hydrogens is 266 g/mol. The predicted molar refractivity (Wildman–Crippen MR) is 83.2 cm³/mol. The number of nitrogens with one attached hydrogen (secondary N) is 1. The monoisotopic (exact) mass is 285 g/mol. The summed E-state index contributed by atoms with van der Waals surface area (Å²) in [7, 11) is 0. The van der Waals surface area contributed by atoms with Crippen LogP contribution in [0.25, 0.3) is 0 Å². The van der Waals surface area contributed by atoms with Gasteiger partial charge in [-0.3, -0.25) is 4.90 Å². The summed E-state index contributed by atoms with van der Waals surface area (Å²) in [5.41, 5.74) is 6.63. The fourth-order valence-corrected chi connectivity index (χ4v) is 2.88. The van der Waals surface area contributed by atoms with Gasteiger partial charge in [-0.1, -0.05) is 18.2 Å². The lowest BCUT2D eigenvalue weighted by Crippen LogP contribution is -2.30. The molecule has 3 nitrogen and oxygen atoms in total. The second-order valence-corrected chi connectivity index (χ2v) is 5.96. The molecule has 104 valence electrons. The number of aromatic amines is 1. The van der Waals surface area contributed by atoms with E-state index in [0.29, 0.717) is 4.77 Å². The Morgan fingerprint density at radius 1 is 1.30 bits per heavy atom. The van der Waals surface area contributed by atoms with Gasteiger partial charge in [0.05, 0.1) is 0 Å². The van der Waals surface area contributed by atoms with Crippen LogP contribution in [0.3, 0.4) is 0 Å². The summed E-state index contributed by atoms with van der Waals surface area (Å²) in [6, 6.07) is 6.73. The molecule has 1 aliphatic rings. The Labute approximate surface area is 124 Å². The fraction of sp³-hybridized carbons (Fsp3) is 0.375. The molecule has 0 bridgehead atoms. The Bertz CT molecular complexity index is 690. The van der Waals surface area contributed by atoms with Gasteiger partial charge < -0.3 is 4.98 Å². The average molecular weight is 285 g/mol. The summed E-state index contributed by atoms with van der Waals surface area (Å²) in [5.74, 6) is 0. The first kappa shape index (κ1) is 13.5. The van der Waals surface area contributed by atoms with Crippen molar-refractivity contribution in [1.82, 2.24) is 14.9 Å². The molecule has 0 spiro atoms. The van der Waals surface area contributed by atoms with E-state index in [1.807, 2.05) is 6.20 Å². The lowest BCUT2D eigenvalue weighted by molar-refractivity contribution is 0.242. The minimum atomic E-state index is 0.589. The van der Waals surface area contributed by atoms with E-state index in [9.17, 15) is 0 Å². The predicted octanol–water partition coefficient (Wildman–Crippen LogP) is 3.31. The maximum Gasteiger partial charge on any atom is 0.196 e. The third-order valence-electron chi connectivity index (χ3n) is 4.03. The largest absolute Gasteiger partial charge is 0.334 e. The summed E-state index contributed by atoms with van der Waals surface area (Å²) >= 11 is 5.08. The Morgan fingerprint density at radius 2 is 2.15 bits per heavy atom. The zero-order chi connectivity index (χ0) is 14.1. The van der Waals surface area contributed by atoms with Crippen molar-refractivity contribution in [3.8, 4) is 0 Å². The van der Waals surface area contributed by atoms with Gasteiger partial charge >= 0.3 is 0 Å². The van der Waals surface area contributed by atoms with Gasteiger partial charge in [-0.15, -0.1) is 0 Å². The Balaban J connectivity index is 1.75. The molecule has 1 N–H and O–H groups in total. The van der Waals surface area contributed by atoms with Crippen molar-refractivity contribution < 1.29 is 0 Å². The van der Waals surface area contributed by atoms with E-state index < -0.39 is 0 Å². The quantitative estimate of drug-likeness (QED) is 0.859. The molecule has 1 aromatic heterocycles. The van der Waals surface area contributed by atoms with Crippen LogP contribution in [0.15, 0.2) is 24.4 Å². The zero-order valence-corrected chi connectivity index (χ0v) is 12.8. The van der Waals surface area contributed by atoms with Gasteiger partial charge in [0.25, 0.3) is 0 Å². The van der Waals surface area contributed by atoms with Crippen LogP contribution >= 0.6 is 12.2 Å². The smallest absolute Gasteiger partial charge is 0.196 e. The highest BCUT2D eigenvalue weighted by Crippen LogP contribution is 2.19. The van der Waals surface area contributed by atoms with Crippen LogP contribution in [-0.2, 0) is 19.5 Å². The third-order valence-corrected chi connectivity index (χ3v) is 4.24. The van der Waals surface area contributed by atoms with Gasteiger partial charge in [0.2, 0.25) is 0 Å². The van der Waals surface area contributed by atoms with Crippen molar-refractivity contribution in [2.75, 3.05) is 6.54 Å². The summed E-state index contributed by atoms with van der Waals surface area (Å²) in [6.07, 6.45) is 2.94. The van der Waals surface area contributed by atoms with Crippen LogP contribution in [0.1, 0.15) is 27.9 Å². The van der Waals surface area contributed by atoms with Crippen LogP contribution in [0.5, 0.6) is 0 Å². The first-order valence-corrected chi connectivity index (χ1v) is 7.38. The molecule has 20 heavy (non-hydrogen) atoms. The summed E-state index contributed by atoms with van der Waals surface area (Å²) in [4.78, 5) is 9.86. The number of aromatic nitrogens is 2. The lowest BCUT2D eigenvalue weighted by atomic mass is 10.0. The highest BCUT2D eigenvalue weighted by molar-refractivity contribution is 7.71. The molecule has 2 aromatic rings. The number of aryl methyl sites for hydroxylation is 2. The SMILES string of the molecule is Cc1ccc(CN2CCc3[nH]c(=S)ncc3C2)cc1C. The van der Waals surface area contributed by atoms with Gasteiger partial charge in [-0.05, 0) is 42.8 Å². The summed E-state index contributed by atoms with van der Waals surface area (Å²) < 4.78 is 0.589. The van der Waals surface area contributed by atoms with Crippen LogP contribution < -0.4 is 0 Å².